The number of piperazine rings is 2. The monoisotopic (exact) mass is 360 g/mol. The lowest BCUT2D eigenvalue weighted by Crippen LogP contribution is -2.55. The Morgan fingerprint density at radius 2 is 1.88 bits per heavy atom. The first-order valence-corrected chi connectivity index (χ1v) is 9.62. The van der Waals surface area contributed by atoms with E-state index in [1.54, 1.807) is 6.20 Å². The molecule has 3 heterocycles. The van der Waals surface area contributed by atoms with Crippen LogP contribution in [-0.2, 0) is 16.6 Å². The van der Waals surface area contributed by atoms with Crippen molar-refractivity contribution >= 4 is 11.8 Å². The molecule has 3 aliphatic rings. The summed E-state index contributed by atoms with van der Waals surface area (Å²) in [6.07, 6.45) is 5.82. The number of aryl methyl sites for hydroxylation is 1. The van der Waals surface area contributed by atoms with E-state index in [1.165, 1.54) is 0 Å². The molecule has 142 valence electrons. The molecule has 2 aliphatic heterocycles. The van der Waals surface area contributed by atoms with Crippen molar-refractivity contribution in [3.05, 3.63) is 18.2 Å². The summed E-state index contributed by atoms with van der Waals surface area (Å²) in [4.78, 5) is 35.5. The first-order chi connectivity index (χ1) is 12.6. The van der Waals surface area contributed by atoms with Crippen LogP contribution in [0.2, 0.25) is 0 Å². The number of aromatic nitrogens is 2. The van der Waals surface area contributed by atoms with Crippen LogP contribution >= 0.6 is 0 Å². The molecule has 26 heavy (non-hydrogen) atoms. The van der Waals surface area contributed by atoms with Crippen LogP contribution in [0.1, 0.15) is 24.7 Å². The fourth-order valence-corrected chi connectivity index (χ4v) is 3.93. The molecule has 1 aromatic heterocycles. The average molecular weight is 360 g/mol. The van der Waals surface area contributed by atoms with E-state index in [-0.39, 0.29) is 23.8 Å². The zero-order chi connectivity index (χ0) is 18.1. The van der Waals surface area contributed by atoms with Gasteiger partial charge >= 0.3 is 0 Å². The zero-order valence-electron chi connectivity index (χ0n) is 15.4. The van der Waals surface area contributed by atoms with Gasteiger partial charge in [-0.2, -0.15) is 0 Å². The lowest BCUT2D eigenvalue weighted by Gasteiger charge is -2.39. The van der Waals surface area contributed by atoms with Crippen LogP contribution in [0.15, 0.2) is 12.4 Å². The maximum atomic E-state index is 12.8. The number of carbonyl (C=O) groups excluding carboxylic acids is 2. The van der Waals surface area contributed by atoms with Gasteiger partial charge in [-0.25, -0.2) is 4.98 Å². The molecule has 2 saturated heterocycles. The van der Waals surface area contributed by atoms with Gasteiger partial charge in [0.25, 0.3) is 0 Å². The topological polar surface area (TPSA) is 73.7 Å². The SMILES string of the molecule is Cn1ccnc1C1CNCCN1CC(=O)N1CCN(C(=O)C2CC2)CC1. The minimum Gasteiger partial charge on any atom is -0.339 e. The minimum absolute atomic E-state index is 0.116. The highest BCUT2D eigenvalue weighted by molar-refractivity contribution is 5.82. The number of nitrogens with one attached hydrogen (secondary N) is 1. The molecule has 1 atom stereocenters. The molecular weight excluding hydrogens is 332 g/mol. The summed E-state index contributed by atoms with van der Waals surface area (Å²) in [6, 6.07) is 0.116. The number of rotatable bonds is 4. The molecule has 0 spiro atoms. The number of imidazole rings is 1. The molecule has 1 saturated carbocycles. The van der Waals surface area contributed by atoms with Crippen LogP contribution in [0.5, 0.6) is 0 Å². The molecule has 2 amide bonds. The van der Waals surface area contributed by atoms with Crippen LogP contribution in [0.3, 0.4) is 0 Å². The van der Waals surface area contributed by atoms with Gasteiger partial charge in [0.05, 0.1) is 12.6 Å². The van der Waals surface area contributed by atoms with E-state index < -0.39 is 0 Å². The fraction of sp³-hybridized carbons (Fsp3) is 0.722. The second-order valence-electron chi connectivity index (χ2n) is 7.57. The lowest BCUT2D eigenvalue weighted by atomic mass is 10.1. The minimum atomic E-state index is 0.116. The van der Waals surface area contributed by atoms with Crippen LogP contribution in [0.25, 0.3) is 0 Å². The molecule has 8 heteroatoms. The third kappa shape index (κ3) is 3.61. The summed E-state index contributed by atoms with van der Waals surface area (Å²) in [6.45, 7) is 5.59. The van der Waals surface area contributed by atoms with E-state index in [9.17, 15) is 9.59 Å². The van der Waals surface area contributed by atoms with Crippen molar-refractivity contribution in [1.82, 2.24) is 29.6 Å². The van der Waals surface area contributed by atoms with Gasteiger partial charge in [-0.3, -0.25) is 14.5 Å². The fourth-order valence-electron chi connectivity index (χ4n) is 3.93. The van der Waals surface area contributed by atoms with Crippen LogP contribution in [0.4, 0.5) is 0 Å². The maximum Gasteiger partial charge on any atom is 0.236 e. The summed E-state index contributed by atoms with van der Waals surface area (Å²) >= 11 is 0. The number of carbonyl (C=O) groups is 2. The summed E-state index contributed by atoms with van der Waals surface area (Å²) in [5.74, 6) is 1.69. The normalized spacial score (nSPS) is 24.7. The van der Waals surface area contributed by atoms with Crippen LogP contribution in [0, 0.1) is 5.92 Å². The first-order valence-electron chi connectivity index (χ1n) is 9.62. The summed E-state index contributed by atoms with van der Waals surface area (Å²) in [5, 5.41) is 3.40. The Morgan fingerprint density at radius 3 is 2.54 bits per heavy atom. The van der Waals surface area contributed by atoms with E-state index in [2.05, 4.69) is 15.2 Å². The van der Waals surface area contributed by atoms with Gasteiger partial charge in [0.1, 0.15) is 5.82 Å². The van der Waals surface area contributed by atoms with Gasteiger partial charge in [0.15, 0.2) is 0 Å². The Morgan fingerprint density at radius 1 is 1.15 bits per heavy atom. The van der Waals surface area contributed by atoms with Gasteiger partial charge in [-0.1, -0.05) is 0 Å². The first kappa shape index (κ1) is 17.5. The highest BCUT2D eigenvalue weighted by Gasteiger charge is 2.36. The summed E-state index contributed by atoms with van der Waals surface area (Å²) in [5.41, 5.74) is 0. The van der Waals surface area contributed by atoms with Crippen molar-refractivity contribution in [3.63, 3.8) is 0 Å². The molecular formula is C18H28N6O2. The quantitative estimate of drug-likeness (QED) is 0.780. The number of amides is 2. The number of nitrogens with zero attached hydrogens (tertiary/aromatic N) is 5. The van der Waals surface area contributed by atoms with Crippen molar-refractivity contribution in [2.24, 2.45) is 13.0 Å². The van der Waals surface area contributed by atoms with Crippen molar-refractivity contribution in [3.8, 4) is 0 Å². The molecule has 0 radical (unpaired) electrons. The Hall–Kier alpha value is -1.93. The molecule has 3 fully saturated rings. The van der Waals surface area contributed by atoms with Crippen molar-refractivity contribution in [2.45, 2.75) is 18.9 Å². The Balaban J connectivity index is 1.33. The smallest absolute Gasteiger partial charge is 0.236 e. The average Bonchev–Trinajstić information content (AvgIpc) is 3.43. The molecule has 8 nitrogen and oxygen atoms in total. The molecule has 0 aromatic carbocycles. The Labute approximate surface area is 154 Å². The highest BCUT2D eigenvalue weighted by Crippen LogP contribution is 2.31. The third-order valence-electron chi connectivity index (χ3n) is 5.72. The molecule has 1 N–H and O–H groups in total. The summed E-state index contributed by atoms with van der Waals surface area (Å²) < 4.78 is 2.03. The third-order valence-corrected chi connectivity index (χ3v) is 5.72. The van der Waals surface area contributed by atoms with E-state index in [4.69, 9.17) is 0 Å². The molecule has 1 unspecified atom stereocenters. The second-order valence-corrected chi connectivity index (χ2v) is 7.57. The second kappa shape index (κ2) is 7.36. The standard InChI is InChI=1S/C18H28N6O2/c1-21-6-5-20-17(21)15-12-19-4-7-24(15)13-16(25)22-8-10-23(11-9-22)18(26)14-2-3-14/h5-6,14-15,19H,2-4,7-13H2,1H3. The van der Waals surface area contributed by atoms with Gasteiger partial charge in [0.2, 0.25) is 11.8 Å². The van der Waals surface area contributed by atoms with E-state index in [0.717, 1.165) is 38.3 Å². The molecule has 4 rings (SSSR count). The van der Waals surface area contributed by atoms with Crippen LogP contribution < -0.4 is 5.32 Å². The highest BCUT2D eigenvalue weighted by atomic mass is 16.2. The predicted octanol–water partition coefficient (Wildman–Crippen LogP) is -0.553. The summed E-state index contributed by atoms with van der Waals surface area (Å²) in [7, 11) is 1.99. The molecule has 0 bridgehead atoms. The Kier molecular flexibility index (Phi) is 4.95. The van der Waals surface area contributed by atoms with Crippen LogP contribution in [-0.4, -0.2) is 88.4 Å². The van der Waals surface area contributed by atoms with Gasteiger partial charge in [-0.05, 0) is 12.8 Å². The van der Waals surface area contributed by atoms with E-state index >= 15 is 0 Å². The van der Waals surface area contributed by atoms with E-state index in [1.807, 2.05) is 27.6 Å². The van der Waals surface area contributed by atoms with Gasteiger partial charge in [0, 0.05) is 71.2 Å². The Bertz CT molecular complexity index is 662. The lowest BCUT2D eigenvalue weighted by molar-refractivity contribution is -0.141. The molecule has 1 aliphatic carbocycles. The van der Waals surface area contributed by atoms with Gasteiger partial charge < -0.3 is 19.7 Å². The van der Waals surface area contributed by atoms with Crippen molar-refractivity contribution in [2.75, 3.05) is 52.4 Å². The van der Waals surface area contributed by atoms with Crippen molar-refractivity contribution in [1.29, 1.82) is 0 Å². The van der Waals surface area contributed by atoms with Crippen molar-refractivity contribution < 1.29 is 9.59 Å². The zero-order valence-corrected chi connectivity index (χ0v) is 15.4. The van der Waals surface area contributed by atoms with Gasteiger partial charge in [-0.15, -0.1) is 0 Å². The van der Waals surface area contributed by atoms with E-state index in [0.29, 0.717) is 32.7 Å². The predicted molar refractivity (Wildman–Crippen MR) is 96.3 cm³/mol. The number of hydrogen-bond donors (Lipinski definition) is 1. The molecule has 1 aromatic rings. The number of hydrogen-bond acceptors (Lipinski definition) is 5. The largest absolute Gasteiger partial charge is 0.339 e. The maximum absolute atomic E-state index is 12.8.